The second-order valence-corrected chi connectivity index (χ2v) is 4.15. The minimum atomic E-state index is 0.159. The summed E-state index contributed by atoms with van der Waals surface area (Å²) in [6.45, 7) is 3.71. The summed E-state index contributed by atoms with van der Waals surface area (Å²) in [6.07, 6.45) is 7.61. The summed E-state index contributed by atoms with van der Waals surface area (Å²) in [5.41, 5.74) is 3.30. The fourth-order valence-electron chi connectivity index (χ4n) is 2.09. The highest BCUT2D eigenvalue weighted by Gasteiger charge is 2.14. The first-order valence-corrected chi connectivity index (χ1v) is 5.74. The van der Waals surface area contributed by atoms with Gasteiger partial charge in [-0.25, -0.2) is 0 Å². The molecule has 0 heterocycles. The topological polar surface area (TPSA) is 17.1 Å². The summed E-state index contributed by atoms with van der Waals surface area (Å²) in [5, 5.41) is 0. The Morgan fingerprint density at radius 1 is 1.25 bits per heavy atom. The Morgan fingerprint density at radius 3 is 2.88 bits per heavy atom. The Labute approximate surface area is 96.5 Å². The molecule has 0 aromatic heterocycles. The molecule has 1 nitrogen and oxygen atoms in total. The van der Waals surface area contributed by atoms with Gasteiger partial charge in [0.25, 0.3) is 0 Å². The molecule has 0 bridgehead atoms. The molecule has 0 fully saturated rings. The standard InChI is InChI=1S/C15H16O/c1-2-3-6-12-9-10-13-7-4-5-8-14(13)15(16)11-12/h2,4-5,7-8,11H,1,3,6,9-10H2. The maximum absolute atomic E-state index is 12.0. The maximum atomic E-state index is 12.0. The number of carbonyl (C=O) groups excluding carboxylic acids is 1. The van der Waals surface area contributed by atoms with E-state index < -0.39 is 0 Å². The Bertz CT molecular complexity index is 441. The number of hydrogen-bond donors (Lipinski definition) is 0. The summed E-state index contributed by atoms with van der Waals surface area (Å²) >= 11 is 0. The van der Waals surface area contributed by atoms with Gasteiger partial charge in [-0.2, -0.15) is 0 Å². The number of carbonyl (C=O) groups is 1. The molecule has 1 aliphatic rings. The van der Waals surface area contributed by atoms with Crippen molar-refractivity contribution in [1.29, 1.82) is 0 Å². The van der Waals surface area contributed by atoms with Gasteiger partial charge in [0.1, 0.15) is 0 Å². The predicted octanol–water partition coefficient (Wildman–Crippen LogP) is 3.71. The highest BCUT2D eigenvalue weighted by molar-refractivity contribution is 6.06. The van der Waals surface area contributed by atoms with Crippen LogP contribution in [0.2, 0.25) is 0 Å². The normalized spacial score (nSPS) is 15.0. The molecule has 0 saturated heterocycles. The Kier molecular flexibility index (Phi) is 3.35. The van der Waals surface area contributed by atoms with Crippen LogP contribution in [0.3, 0.4) is 0 Å². The fourth-order valence-corrected chi connectivity index (χ4v) is 2.09. The monoisotopic (exact) mass is 212 g/mol. The van der Waals surface area contributed by atoms with Crippen LogP contribution in [-0.4, -0.2) is 5.78 Å². The lowest BCUT2D eigenvalue weighted by molar-refractivity contribution is 0.104. The lowest BCUT2D eigenvalue weighted by Gasteiger charge is -2.03. The van der Waals surface area contributed by atoms with Gasteiger partial charge in [-0.05, 0) is 37.3 Å². The Morgan fingerprint density at radius 2 is 2.06 bits per heavy atom. The molecule has 0 aliphatic heterocycles. The highest BCUT2D eigenvalue weighted by atomic mass is 16.1. The molecular formula is C15H16O. The molecule has 0 spiro atoms. The van der Waals surface area contributed by atoms with E-state index in [9.17, 15) is 4.79 Å². The van der Waals surface area contributed by atoms with Gasteiger partial charge in [-0.1, -0.05) is 35.9 Å². The van der Waals surface area contributed by atoms with Crippen molar-refractivity contribution in [3.05, 3.63) is 59.7 Å². The van der Waals surface area contributed by atoms with Crippen LogP contribution in [-0.2, 0) is 6.42 Å². The maximum Gasteiger partial charge on any atom is 0.186 e. The third-order valence-electron chi connectivity index (χ3n) is 3.00. The Balaban J connectivity index is 2.23. The van der Waals surface area contributed by atoms with Crippen LogP contribution < -0.4 is 0 Å². The predicted molar refractivity (Wildman–Crippen MR) is 66.6 cm³/mol. The van der Waals surface area contributed by atoms with Gasteiger partial charge >= 0.3 is 0 Å². The summed E-state index contributed by atoms with van der Waals surface area (Å²) in [5.74, 6) is 0.159. The molecule has 0 radical (unpaired) electrons. The summed E-state index contributed by atoms with van der Waals surface area (Å²) in [7, 11) is 0. The van der Waals surface area contributed by atoms with E-state index in [0.29, 0.717) is 0 Å². The molecule has 1 heteroatoms. The van der Waals surface area contributed by atoms with Crippen LogP contribution in [0, 0.1) is 0 Å². The fraction of sp³-hybridized carbons (Fsp3) is 0.267. The number of fused-ring (bicyclic) bond motifs is 1. The number of ketones is 1. The minimum absolute atomic E-state index is 0.159. The van der Waals surface area contributed by atoms with Crippen LogP contribution >= 0.6 is 0 Å². The van der Waals surface area contributed by atoms with E-state index in [1.165, 1.54) is 11.1 Å². The number of hydrogen-bond acceptors (Lipinski definition) is 1. The van der Waals surface area contributed by atoms with Gasteiger partial charge in [0, 0.05) is 5.56 Å². The zero-order valence-corrected chi connectivity index (χ0v) is 9.41. The third-order valence-corrected chi connectivity index (χ3v) is 3.00. The number of aryl methyl sites for hydroxylation is 1. The van der Waals surface area contributed by atoms with E-state index >= 15 is 0 Å². The van der Waals surface area contributed by atoms with Crippen molar-refractivity contribution in [2.24, 2.45) is 0 Å². The number of allylic oxidation sites excluding steroid dienone is 3. The van der Waals surface area contributed by atoms with Crippen molar-refractivity contribution in [1.82, 2.24) is 0 Å². The van der Waals surface area contributed by atoms with Gasteiger partial charge in [0.15, 0.2) is 5.78 Å². The molecule has 0 N–H and O–H groups in total. The van der Waals surface area contributed by atoms with E-state index in [4.69, 9.17) is 0 Å². The first-order valence-electron chi connectivity index (χ1n) is 5.74. The van der Waals surface area contributed by atoms with Crippen molar-refractivity contribution < 1.29 is 4.79 Å². The molecule has 16 heavy (non-hydrogen) atoms. The van der Waals surface area contributed by atoms with E-state index in [1.54, 1.807) is 0 Å². The number of rotatable bonds is 3. The summed E-state index contributed by atoms with van der Waals surface area (Å²) in [6, 6.07) is 7.91. The smallest absolute Gasteiger partial charge is 0.186 e. The van der Waals surface area contributed by atoms with Crippen molar-refractivity contribution >= 4 is 5.78 Å². The van der Waals surface area contributed by atoms with Crippen LogP contribution in [0.4, 0.5) is 0 Å². The number of benzene rings is 1. The third kappa shape index (κ3) is 2.30. The zero-order valence-electron chi connectivity index (χ0n) is 9.41. The SMILES string of the molecule is C=CCCC1=CC(=O)c2ccccc2CC1. The van der Waals surface area contributed by atoms with E-state index in [2.05, 4.69) is 12.6 Å². The lowest BCUT2D eigenvalue weighted by Crippen LogP contribution is -1.97. The minimum Gasteiger partial charge on any atom is -0.289 e. The van der Waals surface area contributed by atoms with Crippen LogP contribution in [0.1, 0.15) is 35.2 Å². The molecule has 1 aromatic carbocycles. The van der Waals surface area contributed by atoms with Crippen molar-refractivity contribution in [2.45, 2.75) is 25.7 Å². The van der Waals surface area contributed by atoms with Gasteiger partial charge in [-0.3, -0.25) is 4.79 Å². The largest absolute Gasteiger partial charge is 0.289 e. The zero-order chi connectivity index (χ0) is 11.4. The van der Waals surface area contributed by atoms with E-state index in [-0.39, 0.29) is 5.78 Å². The second-order valence-electron chi connectivity index (χ2n) is 4.15. The van der Waals surface area contributed by atoms with Gasteiger partial charge in [0.05, 0.1) is 0 Å². The summed E-state index contributed by atoms with van der Waals surface area (Å²) < 4.78 is 0. The average Bonchev–Trinajstić information content (AvgIpc) is 2.47. The Hall–Kier alpha value is -1.63. The van der Waals surface area contributed by atoms with Crippen molar-refractivity contribution in [3.8, 4) is 0 Å². The quantitative estimate of drug-likeness (QED) is 0.698. The molecule has 2 rings (SSSR count). The summed E-state index contributed by atoms with van der Waals surface area (Å²) in [4.78, 5) is 12.0. The molecule has 1 aromatic rings. The molecule has 1 aliphatic carbocycles. The van der Waals surface area contributed by atoms with E-state index in [1.807, 2.05) is 30.4 Å². The molecule has 0 atom stereocenters. The first kappa shape index (κ1) is 10.9. The van der Waals surface area contributed by atoms with Gasteiger partial charge in [0.2, 0.25) is 0 Å². The highest BCUT2D eigenvalue weighted by Crippen LogP contribution is 2.22. The molecule has 0 amide bonds. The van der Waals surface area contributed by atoms with Gasteiger partial charge < -0.3 is 0 Å². The lowest BCUT2D eigenvalue weighted by atomic mass is 10.0. The van der Waals surface area contributed by atoms with Crippen LogP contribution in [0.5, 0.6) is 0 Å². The molecule has 0 unspecified atom stereocenters. The van der Waals surface area contributed by atoms with E-state index in [0.717, 1.165) is 31.2 Å². The molecular weight excluding hydrogens is 196 g/mol. The average molecular weight is 212 g/mol. The van der Waals surface area contributed by atoms with Crippen LogP contribution in [0.15, 0.2) is 48.6 Å². The molecule has 82 valence electrons. The van der Waals surface area contributed by atoms with Crippen molar-refractivity contribution in [3.63, 3.8) is 0 Å². The van der Waals surface area contributed by atoms with Crippen molar-refractivity contribution in [2.75, 3.05) is 0 Å². The van der Waals surface area contributed by atoms with Crippen LogP contribution in [0.25, 0.3) is 0 Å². The van der Waals surface area contributed by atoms with Gasteiger partial charge in [-0.15, -0.1) is 6.58 Å². The first-order chi connectivity index (χ1) is 7.81. The second kappa shape index (κ2) is 4.93. The molecule has 0 saturated carbocycles.